The zero-order valence-electron chi connectivity index (χ0n) is 13.1. The summed E-state index contributed by atoms with van der Waals surface area (Å²) >= 11 is 2.90. The van der Waals surface area contributed by atoms with Crippen LogP contribution in [0.25, 0.3) is 16.7 Å². The van der Waals surface area contributed by atoms with Crippen LogP contribution in [-0.4, -0.2) is 24.7 Å². The number of aromatic nitrogens is 4. The molecule has 4 aromatic rings. The summed E-state index contributed by atoms with van der Waals surface area (Å²) in [5.41, 5.74) is 3.58. The predicted octanol–water partition coefficient (Wildman–Crippen LogP) is 4.22. The lowest BCUT2D eigenvalue weighted by Gasteiger charge is -2.08. The zero-order valence-corrected chi connectivity index (χ0v) is 14.7. The lowest BCUT2D eigenvalue weighted by molar-refractivity contribution is -0.384. The number of hydrogen-bond donors (Lipinski definition) is 0. The standard InChI is InChI=1S/C16H10FN5O2S2/c17-10-1-3-11(4-2-10)21-14-6-5-12(22(23)24)7-13(14)19-15(21)8-25-16-20-18-9-26-16/h1-7,9H,8H2. The lowest BCUT2D eigenvalue weighted by atomic mass is 10.2. The number of benzene rings is 2. The summed E-state index contributed by atoms with van der Waals surface area (Å²) < 4.78 is 16.0. The Kier molecular flexibility index (Phi) is 4.35. The van der Waals surface area contributed by atoms with Crippen molar-refractivity contribution in [3.8, 4) is 5.69 Å². The van der Waals surface area contributed by atoms with Crippen molar-refractivity contribution in [2.45, 2.75) is 10.1 Å². The van der Waals surface area contributed by atoms with Crippen molar-refractivity contribution in [3.63, 3.8) is 0 Å². The van der Waals surface area contributed by atoms with Gasteiger partial charge < -0.3 is 0 Å². The van der Waals surface area contributed by atoms with E-state index in [1.165, 1.54) is 47.4 Å². The zero-order chi connectivity index (χ0) is 18.1. The number of imidazole rings is 1. The van der Waals surface area contributed by atoms with Gasteiger partial charge in [-0.15, -0.1) is 10.2 Å². The number of halogens is 1. The highest BCUT2D eigenvalue weighted by molar-refractivity contribution is 8.00. The third-order valence-electron chi connectivity index (χ3n) is 3.67. The van der Waals surface area contributed by atoms with Gasteiger partial charge in [-0.25, -0.2) is 9.37 Å². The van der Waals surface area contributed by atoms with Gasteiger partial charge in [-0.05, 0) is 30.3 Å². The van der Waals surface area contributed by atoms with Crippen LogP contribution in [0.1, 0.15) is 5.82 Å². The smallest absolute Gasteiger partial charge is 0.271 e. The molecule has 0 saturated heterocycles. The van der Waals surface area contributed by atoms with Crippen molar-refractivity contribution in [3.05, 3.63) is 69.7 Å². The van der Waals surface area contributed by atoms with Gasteiger partial charge in [0.25, 0.3) is 5.69 Å². The van der Waals surface area contributed by atoms with Gasteiger partial charge in [0.05, 0.1) is 21.7 Å². The fourth-order valence-corrected chi connectivity index (χ4v) is 3.97. The molecule has 0 radical (unpaired) electrons. The van der Waals surface area contributed by atoms with Gasteiger partial charge in [-0.2, -0.15) is 0 Å². The highest BCUT2D eigenvalue weighted by atomic mass is 32.2. The summed E-state index contributed by atoms with van der Waals surface area (Å²) in [6.07, 6.45) is 0. The number of rotatable bonds is 5. The highest BCUT2D eigenvalue weighted by Gasteiger charge is 2.16. The number of fused-ring (bicyclic) bond motifs is 1. The Labute approximate surface area is 154 Å². The van der Waals surface area contributed by atoms with E-state index in [2.05, 4.69) is 15.2 Å². The minimum atomic E-state index is -0.452. The molecule has 130 valence electrons. The third-order valence-corrected chi connectivity index (χ3v) is 5.52. The maximum Gasteiger partial charge on any atom is 0.271 e. The Bertz CT molecular complexity index is 1080. The van der Waals surface area contributed by atoms with Crippen LogP contribution in [-0.2, 0) is 5.75 Å². The number of nitro groups is 1. The minimum absolute atomic E-state index is 0.0235. The van der Waals surface area contributed by atoms with Gasteiger partial charge in [0.1, 0.15) is 17.2 Å². The minimum Gasteiger partial charge on any atom is -0.296 e. The number of hydrogen-bond acceptors (Lipinski definition) is 7. The van der Waals surface area contributed by atoms with Crippen LogP contribution < -0.4 is 0 Å². The molecule has 0 unspecified atom stereocenters. The Morgan fingerprint density at radius 1 is 1.23 bits per heavy atom. The average molecular weight is 387 g/mol. The fourth-order valence-electron chi connectivity index (χ4n) is 2.56. The van der Waals surface area contributed by atoms with Gasteiger partial charge in [0.15, 0.2) is 4.34 Å². The van der Waals surface area contributed by atoms with Crippen LogP contribution in [0, 0.1) is 15.9 Å². The quantitative estimate of drug-likeness (QED) is 0.289. The lowest BCUT2D eigenvalue weighted by Crippen LogP contribution is -2.00. The predicted molar refractivity (Wildman–Crippen MR) is 97.2 cm³/mol. The van der Waals surface area contributed by atoms with Crippen molar-refractivity contribution in [1.29, 1.82) is 0 Å². The summed E-state index contributed by atoms with van der Waals surface area (Å²) in [6.45, 7) is 0. The first kappa shape index (κ1) is 16.6. The molecule has 0 aliphatic rings. The van der Waals surface area contributed by atoms with Gasteiger partial charge >= 0.3 is 0 Å². The summed E-state index contributed by atoms with van der Waals surface area (Å²) in [5, 5.41) is 18.8. The Hall–Kier alpha value is -2.85. The normalized spacial score (nSPS) is 11.1. The van der Waals surface area contributed by atoms with E-state index in [-0.39, 0.29) is 11.5 Å². The van der Waals surface area contributed by atoms with Gasteiger partial charge in [0, 0.05) is 17.8 Å². The van der Waals surface area contributed by atoms with Crippen LogP contribution in [0.3, 0.4) is 0 Å². The topological polar surface area (TPSA) is 86.7 Å². The van der Waals surface area contributed by atoms with Crippen molar-refractivity contribution in [2.75, 3.05) is 0 Å². The average Bonchev–Trinajstić information content (AvgIpc) is 3.27. The van der Waals surface area contributed by atoms with Crippen LogP contribution in [0.15, 0.2) is 52.3 Å². The third kappa shape index (κ3) is 3.16. The van der Waals surface area contributed by atoms with E-state index in [9.17, 15) is 14.5 Å². The van der Waals surface area contributed by atoms with Crippen LogP contribution in [0.4, 0.5) is 10.1 Å². The molecule has 0 aliphatic carbocycles. The molecule has 0 aliphatic heterocycles. The molecule has 4 rings (SSSR count). The summed E-state index contributed by atoms with van der Waals surface area (Å²) in [5.74, 6) is 0.848. The molecule has 0 amide bonds. The summed E-state index contributed by atoms with van der Waals surface area (Å²) in [4.78, 5) is 15.1. The first-order chi connectivity index (χ1) is 12.6. The number of nitro benzene ring substituents is 1. The second-order valence-corrected chi connectivity index (χ2v) is 7.32. The van der Waals surface area contributed by atoms with E-state index in [0.29, 0.717) is 17.1 Å². The Balaban J connectivity index is 1.82. The Morgan fingerprint density at radius 2 is 2.04 bits per heavy atom. The van der Waals surface area contributed by atoms with E-state index >= 15 is 0 Å². The molecule has 2 heterocycles. The molecule has 0 fully saturated rings. The molecule has 2 aromatic carbocycles. The molecule has 0 bridgehead atoms. The molecule has 26 heavy (non-hydrogen) atoms. The largest absolute Gasteiger partial charge is 0.296 e. The van der Waals surface area contributed by atoms with Crippen molar-refractivity contribution >= 4 is 39.8 Å². The van der Waals surface area contributed by atoms with Gasteiger partial charge in [0.2, 0.25) is 0 Å². The number of nitrogens with zero attached hydrogens (tertiary/aromatic N) is 5. The molecule has 0 N–H and O–H groups in total. The monoisotopic (exact) mass is 387 g/mol. The summed E-state index contributed by atoms with van der Waals surface area (Å²) in [6, 6.07) is 10.6. The maximum atomic E-state index is 13.3. The second kappa shape index (κ2) is 6.81. The molecule has 7 nitrogen and oxygen atoms in total. The number of thioether (sulfide) groups is 1. The molecule has 2 aromatic heterocycles. The fraction of sp³-hybridized carbons (Fsp3) is 0.0625. The molecular formula is C16H10FN5O2S2. The van der Waals surface area contributed by atoms with Gasteiger partial charge in [-0.3, -0.25) is 14.7 Å². The van der Waals surface area contributed by atoms with Crippen molar-refractivity contribution in [2.24, 2.45) is 0 Å². The van der Waals surface area contributed by atoms with Crippen LogP contribution in [0.5, 0.6) is 0 Å². The molecule has 0 saturated carbocycles. The van der Waals surface area contributed by atoms with E-state index < -0.39 is 4.92 Å². The van der Waals surface area contributed by atoms with E-state index in [1.807, 2.05) is 4.57 Å². The molecular weight excluding hydrogens is 377 g/mol. The van der Waals surface area contributed by atoms with Crippen LogP contribution in [0.2, 0.25) is 0 Å². The van der Waals surface area contributed by atoms with E-state index in [1.54, 1.807) is 23.7 Å². The second-order valence-electron chi connectivity index (χ2n) is 5.26. The highest BCUT2D eigenvalue weighted by Crippen LogP contribution is 2.29. The van der Waals surface area contributed by atoms with E-state index in [0.717, 1.165) is 15.5 Å². The van der Waals surface area contributed by atoms with Gasteiger partial charge in [-0.1, -0.05) is 23.1 Å². The molecule has 10 heteroatoms. The first-order valence-corrected chi connectivity index (χ1v) is 9.29. The maximum absolute atomic E-state index is 13.3. The molecule has 0 spiro atoms. The summed E-state index contributed by atoms with van der Waals surface area (Å²) in [7, 11) is 0. The van der Waals surface area contributed by atoms with Crippen molar-refractivity contribution < 1.29 is 9.31 Å². The van der Waals surface area contributed by atoms with Crippen LogP contribution >= 0.6 is 23.1 Å². The van der Waals surface area contributed by atoms with Crippen molar-refractivity contribution in [1.82, 2.24) is 19.7 Å². The van der Waals surface area contributed by atoms with E-state index in [4.69, 9.17) is 0 Å². The molecule has 0 atom stereocenters. The number of non-ortho nitro benzene ring substituents is 1. The first-order valence-electron chi connectivity index (χ1n) is 7.42. The SMILES string of the molecule is O=[N+]([O-])c1ccc2c(c1)nc(CSc1nncs1)n2-c1ccc(F)cc1. The Morgan fingerprint density at radius 3 is 2.73 bits per heavy atom.